The summed E-state index contributed by atoms with van der Waals surface area (Å²) in [6.45, 7) is 4.23. The number of hydrogen-bond acceptors (Lipinski definition) is 4. The van der Waals surface area contributed by atoms with Gasteiger partial charge in [-0.1, -0.05) is 13.3 Å². The third kappa shape index (κ3) is 3.19. The van der Waals surface area contributed by atoms with Crippen molar-refractivity contribution in [3.8, 4) is 6.07 Å². The van der Waals surface area contributed by atoms with Crippen molar-refractivity contribution in [3.63, 3.8) is 0 Å². The Bertz CT molecular complexity index is 702. The van der Waals surface area contributed by atoms with E-state index in [1.807, 2.05) is 0 Å². The number of fused-ring (bicyclic) bond motifs is 1. The number of hydrogen-bond donors (Lipinski definition) is 0. The fraction of sp³-hybridized carbons (Fsp3) is 0.353. The largest absolute Gasteiger partial charge is 0.462 e. The first-order chi connectivity index (χ1) is 10.2. The Morgan fingerprint density at radius 1 is 1.38 bits per heavy atom. The number of rotatable bonds is 5. The van der Waals surface area contributed by atoms with Gasteiger partial charge in [-0.15, -0.1) is 0 Å². The zero-order valence-corrected chi connectivity index (χ0v) is 12.3. The number of benzene rings is 1. The number of nitrogens with zero attached hydrogens (tertiary/aromatic N) is 2. The van der Waals surface area contributed by atoms with Gasteiger partial charge < -0.3 is 4.74 Å². The molecule has 108 valence electrons. The predicted molar refractivity (Wildman–Crippen MR) is 81.0 cm³/mol. The highest BCUT2D eigenvalue weighted by molar-refractivity contribution is 5.95. The smallest absolute Gasteiger partial charge is 0.338 e. The molecule has 4 heteroatoms. The molecule has 0 amide bonds. The lowest BCUT2D eigenvalue weighted by molar-refractivity contribution is 0.0526. The Morgan fingerprint density at radius 2 is 2.19 bits per heavy atom. The first kappa shape index (κ1) is 15.0. The number of carbonyl (C=O) groups is 1. The molecule has 1 heterocycles. The van der Waals surface area contributed by atoms with Crippen LogP contribution >= 0.6 is 0 Å². The zero-order chi connectivity index (χ0) is 15.2. The number of esters is 1. The molecular formula is C17H18N2O2. The molecular weight excluding hydrogens is 264 g/mol. The van der Waals surface area contributed by atoms with E-state index >= 15 is 0 Å². The van der Waals surface area contributed by atoms with Gasteiger partial charge in [0.05, 0.1) is 23.3 Å². The first-order valence-corrected chi connectivity index (χ1v) is 7.20. The second-order valence-electron chi connectivity index (χ2n) is 4.82. The minimum Gasteiger partial charge on any atom is -0.462 e. The third-order valence-electron chi connectivity index (χ3n) is 3.39. The predicted octanol–water partition coefficient (Wildman–Crippen LogP) is 3.63. The Labute approximate surface area is 124 Å². The number of ether oxygens (including phenoxy) is 1. The number of nitriles is 1. The molecule has 0 saturated heterocycles. The molecule has 0 spiro atoms. The number of pyridine rings is 1. The van der Waals surface area contributed by atoms with Crippen LogP contribution in [0, 0.1) is 11.3 Å². The standard InChI is InChI=1S/C17H18N2O2/c1-3-5-6-14-13(10-18)11-19-16-8-7-12(9-15(14)16)17(20)21-4-2/h7-9,11H,3-6H2,1-2H3. The van der Waals surface area contributed by atoms with Gasteiger partial charge in [0.2, 0.25) is 0 Å². The van der Waals surface area contributed by atoms with Gasteiger partial charge in [-0.05, 0) is 43.5 Å². The lowest BCUT2D eigenvalue weighted by atomic mass is 9.98. The lowest BCUT2D eigenvalue weighted by Gasteiger charge is -2.09. The van der Waals surface area contributed by atoms with Crippen molar-refractivity contribution in [3.05, 3.63) is 41.1 Å². The van der Waals surface area contributed by atoms with E-state index in [9.17, 15) is 10.1 Å². The molecule has 0 N–H and O–H groups in total. The van der Waals surface area contributed by atoms with Gasteiger partial charge in [-0.3, -0.25) is 4.98 Å². The van der Waals surface area contributed by atoms with Crippen LogP contribution in [0.1, 0.15) is 48.2 Å². The molecule has 21 heavy (non-hydrogen) atoms. The molecule has 2 aromatic rings. The molecule has 0 aliphatic rings. The van der Waals surface area contributed by atoms with Gasteiger partial charge in [0.25, 0.3) is 0 Å². The molecule has 2 rings (SSSR count). The molecule has 0 aliphatic heterocycles. The van der Waals surface area contributed by atoms with Crippen molar-refractivity contribution < 1.29 is 9.53 Å². The number of aryl methyl sites for hydroxylation is 1. The summed E-state index contributed by atoms with van der Waals surface area (Å²) in [7, 11) is 0. The van der Waals surface area contributed by atoms with Gasteiger partial charge >= 0.3 is 5.97 Å². The molecule has 0 atom stereocenters. The summed E-state index contributed by atoms with van der Waals surface area (Å²) in [4.78, 5) is 16.2. The summed E-state index contributed by atoms with van der Waals surface area (Å²) in [6, 6.07) is 7.49. The van der Waals surface area contributed by atoms with E-state index in [4.69, 9.17) is 4.74 Å². The summed E-state index contributed by atoms with van der Waals surface area (Å²) in [6.07, 6.45) is 4.46. The first-order valence-electron chi connectivity index (χ1n) is 7.20. The summed E-state index contributed by atoms with van der Waals surface area (Å²) < 4.78 is 5.03. The average molecular weight is 282 g/mol. The fourth-order valence-electron chi connectivity index (χ4n) is 2.31. The second-order valence-corrected chi connectivity index (χ2v) is 4.82. The van der Waals surface area contributed by atoms with Crippen molar-refractivity contribution >= 4 is 16.9 Å². The fourth-order valence-corrected chi connectivity index (χ4v) is 2.31. The van der Waals surface area contributed by atoms with E-state index in [-0.39, 0.29) is 5.97 Å². The van der Waals surface area contributed by atoms with Gasteiger partial charge in [-0.2, -0.15) is 5.26 Å². The molecule has 0 fully saturated rings. The van der Waals surface area contributed by atoms with Crippen molar-refractivity contribution in [2.45, 2.75) is 33.1 Å². The van der Waals surface area contributed by atoms with Crippen LogP contribution < -0.4 is 0 Å². The van der Waals surface area contributed by atoms with Gasteiger partial charge in [-0.25, -0.2) is 4.79 Å². The van der Waals surface area contributed by atoms with Crippen molar-refractivity contribution in [1.82, 2.24) is 4.98 Å². The quantitative estimate of drug-likeness (QED) is 0.786. The van der Waals surface area contributed by atoms with Crippen molar-refractivity contribution in [2.24, 2.45) is 0 Å². The van der Waals surface area contributed by atoms with Crippen molar-refractivity contribution in [1.29, 1.82) is 5.26 Å². The maximum atomic E-state index is 11.9. The van der Waals surface area contributed by atoms with Crippen LogP contribution in [0.3, 0.4) is 0 Å². The van der Waals surface area contributed by atoms with E-state index in [1.54, 1.807) is 31.3 Å². The van der Waals surface area contributed by atoms with E-state index in [0.29, 0.717) is 17.7 Å². The van der Waals surface area contributed by atoms with E-state index in [0.717, 1.165) is 35.7 Å². The second kappa shape index (κ2) is 6.85. The lowest BCUT2D eigenvalue weighted by Crippen LogP contribution is -2.05. The summed E-state index contributed by atoms with van der Waals surface area (Å²) >= 11 is 0. The molecule has 0 radical (unpaired) electrons. The molecule has 1 aromatic heterocycles. The number of carbonyl (C=O) groups excluding carboxylic acids is 1. The van der Waals surface area contributed by atoms with Crippen LogP contribution in [0.4, 0.5) is 0 Å². The summed E-state index contributed by atoms with van der Waals surface area (Å²) in [5, 5.41) is 10.1. The SMILES string of the molecule is CCCCc1c(C#N)cnc2ccc(C(=O)OCC)cc12. The Hall–Kier alpha value is -2.41. The highest BCUT2D eigenvalue weighted by Crippen LogP contribution is 2.24. The Morgan fingerprint density at radius 3 is 2.86 bits per heavy atom. The van der Waals surface area contributed by atoms with Gasteiger partial charge in [0, 0.05) is 11.6 Å². The van der Waals surface area contributed by atoms with E-state index in [1.165, 1.54) is 0 Å². The molecule has 4 nitrogen and oxygen atoms in total. The van der Waals surface area contributed by atoms with Crippen LogP contribution in [0.25, 0.3) is 10.9 Å². The Balaban J connectivity index is 2.56. The minimum atomic E-state index is -0.344. The molecule has 0 saturated carbocycles. The molecule has 0 unspecified atom stereocenters. The van der Waals surface area contributed by atoms with Crippen LogP contribution in [0.15, 0.2) is 24.4 Å². The van der Waals surface area contributed by atoms with Crippen LogP contribution in [0.2, 0.25) is 0 Å². The molecule has 0 bridgehead atoms. The molecule has 1 aromatic carbocycles. The van der Waals surface area contributed by atoms with Gasteiger partial charge in [0.15, 0.2) is 0 Å². The highest BCUT2D eigenvalue weighted by atomic mass is 16.5. The van der Waals surface area contributed by atoms with E-state index in [2.05, 4.69) is 18.0 Å². The van der Waals surface area contributed by atoms with Crippen LogP contribution in [0.5, 0.6) is 0 Å². The Kier molecular flexibility index (Phi) is 4.89. The normalized spacial score (nSPS) is 10.3. The topological polar surface area (TPSA) is 63.0 Å². The van der Waals surface area contributed by atoms with Crippen molar-refractivity contribution in [2.75, 3.05) is 6.61 Å². The zero-order valence-electron chi connectivity index (χ0n) is 12.3. The highest BCUT2D eigenvalue weighted by Gasteiger charge is 2.12. The number of unbranched alkanes of at least 4 members (excludes halogenated alkanes) is 1. The average Bonchev–Trinajstić information content (AvgIpc) is 2.52. The minimum absolute atomic E-state index is 0.343. The van der Waals surface area contributed by atoms with Crippen LogP contribution in [-0.4, -0.2) is 17.6 Å². The monoisotopic (exact) mass is 282 g/mol. The van der Waals surface area contributed by atoms with E-state index < -0.39 is 0 Å². The summed E-state index contributed by atoms with van der Waals surface area (Å²) in [5.41, 5.74) is 2.85. The van der Waals surface area contributed by atoms with Gasteiger partial charge in [0.1, 0.15) is 6.07 Å². The molecule has 0 aliphatic carbocycles. The number of aromatic nitrogens is 1. The maximum Gasteiger partial charge on any atom is 0.338 e. The maximum absolute atomic E-state index is 11.9. The summed E-state index contributed by atoms with van der Waals surface area (Å²) in [5.74, 6) is -0.344. The third-order valence-corrected chi connectivity index (χ3v) is 3.39. The van der Waals surface area contributed by atoms with Crippen LogP contribution in [-0.2, 0) is 11.2 Å².